The Bertz CT molecular complexity index is 507. The van der Waals surface area contributed by atoms with E-state index in [1.807, 2.05) is 19.0 Å². The normalized spacial score (nSPS) is 16.0. The molecule has 0 bridgehead atoms. The molecule has 2 N–H and O–H groups in total. The number of likely N-dealkylation sites (N-methyl/N-ethyl adjacent to an activating group) is 1. The molecule has 2 rings (SSSR count). The lowest BCUT2D eigenvalue weighted by molar-refractivity contribution is 0.249. The number of anilines is 1. The standard InChI is InChI=1S/C17H32N6S/c1-5-18-16(19-10-11-23(4)15-8-6-7-9-15)20-12-14-13-24-17(21-14)22(2)3/h13,15H,5-12H2,1-4H3,(H2,18,19,20). The maximum Gasteiger partial charge on any atom is 0.191 e. The molecular weight excluding hydrogens is 320 g/mol. The summed E-state index contributed by atoms with van der Waals surface area (Å²) in [4.78, 5) is 13.7. The molecule has 0 atom stereocenters. The topological polar surface area (TPSA) is 55.8 Å². The minimum absolute atomic E-state index is 0.609. The fraction of sp³-hybridized carbons (Fsp3) is 0.765. The predicted molar refractivity (Wildman–Crippen MR) is 104 cm³/mol. The van der Waals surface area contributed by atoms with E-state index in [0.29, 0.717) is 6.54 Å². The Morgan fingerprint density at radius 2 is 2.04 bits per heavy atom. The summed E-state index contributed by atoms with van der Waals surface area (Å²) >= 11 is 1.66. The Hall–Kier alpha value is -1.34. The summed E-state index contributed by atoms with van der Waals surface area (Å²) in [6.45, 7) is 5.53. The second-order valence-electron chi connectivity index (χ2n) is 6.56. The number of guanidine groups is 1. The Labute approximate surface area is 150 Å². The van der Waals surface area contributed by atoms with Crippen LogP contribution in [0.25, 0.3) is 0 Å². The highest BCUT2D eigenvalue weighted by Gasteiger charge is 2.18. The van der Waals surface area contributed by atoms with Gasteiger partial charge in [-0.25, -0.2) is 9.98 Å². The summed E-state index contributed by atoms with van der Waals surface area (Å²) < 4.78 is 0. The molecule has 1 aliphatic rings. The smallest absolute Gasteiger partial charge is 0.191 e. The van der Waals surface area contributed by atoms with Crippen LogP contribution >= 0.6 is 11.3 Å². The molecule has 0 radical (unpaired) electrons. The van der Waals surface area contributed by atoms with Crippen molar-refractivity contribution in [3.8, 4) is 0 Å². The van der Waals surface area contributed by atoms with Crippen LogP contribution in [0.1, 0.15) is 38.3 Å². The fourth-order valence-electron chi connectivity index (χ4n) is 2.95. The van der Waals surface area contributed by atoms with Gasteiger partial charge in [-0.3, -0.25) is 0 Å². The summed E-state index contributed by atoms with van der Waals surface area (Å²) in [6, 6.07) is 0.769. The van der Waals surface area contributed by atoms with Crippen molar-refractivity contribution in [2.45, 2.75) is 45.2 Å². The van der Waals surface area contributed by atoms with Crippen LogP contribution in [-0.4, -0.2) is 62.7 Å². The minimum Gasteiger partial charge on any atom is -0.357 e. The Kier molecular flexibility index (Phi) is 7.78. The first-order valence-electron chi connectivity index (χ1n) is 8.94. The maximum atomic E-state index is 4.65. The van der Waals surface area contributed by atoms with Gasteiger partial charge in [0.05, 0.1) is 12.2 Å². The van der Waals surface area contributed by atoms with Crippen LogP contribution in [0.15, 0.2) is 10.4 Å². The average molecular weight is 353 g/mol. The highest BCUT2D eigenvalue weighted by Crippen LogP contribution is 2.21. The van der Waals surface area contributed by atoms with Crippen molar-refractivity contribution in [2.24, 2.45) is 4.99 Å². The van der Waals surface area contributed by atoms with Gasteiger partial charge in [-0.05, 0) is 26.8 Å². The molecule has 1 saturated carbocycles. The van der Waals surface area contributed by atoms with Crippen molar-refractivity contribution in [2.75, 3.05) is 45.7 Å². The van der Waals surface area contributed by atoms with E-state index in [4.69, 9.17) is 0 Å². The van der Waals surface area contributed by atoms with Crippen LogP contribution in [0.3, 0.4) is 0 Å². The van der Waals surface area contributed by atoms with Crippen molar-refractivity contribution in [3.63, 3.8) is 0 Å². The molecule has 0 saturated heterocycles. The van der Waals surface area contributed by atoms with E-state index >= 15 is 0 Å². The van der Waals surface area contributed by atoms with Gasteiger partial charge in [0.2, 0.25) is 0 Å². The van der Waals surface area contributed by atoms with Crippen LogP contribution in [0.4, 0.5) is 5.13 Å². The fourth-order valence-corrected chi connectivity index (χ4v) is 3.70. The van der Waals surface area contributed by atoms with Crippen molar-refractivity contribution < 1.29 is 0 Å². The summed E-state index contributed by atoms with van der Waals surface area (Å²) in [5.74, 6) is 0.872. The largest absolute Gasteiger partial charge is 0.357 e. The third-order valence-electron chi connectivity index (χ3n) is 4.37. The van der Waals surface area contributed by atoms with E-state index in [0.717, 1.165) is 42.5 Å². The molecule has 0 spiro atoms. The Morgan fingerprint density at radius 1 is 1.29 bits per heavy atom. The quantitative estimate of drug-likeness (QED) is 0.554. The van der Waals surface area contributed by atoms with E-state index in [1.165, 1.54) is 25.7 Å². The number of hydrogen-bond donors (Lipinski definition) is 2. The number of rotatable bonds is 8. The van der Waals surface area contributed by atoms with Gasteiger partial charge in [0.1, 0.15) is 0 Å². The lowest BCUT2D eigenvalue weighted by Gasteiger charge is -2.24. The van der Waals surface area contributed by atoms with Gasteiger partial charge < -0.3 is 20.4 Å². The van der Waals surface area contributed by atoms with Crippen molar-refractivity contribution in [1.29, 1.82) is 0 Å². The first-order valence-corrected chi connectivity index (χ1v) is 9.82. The number of nitrogens with one attached hydrogen (secondary N) is 2. The van der Waals surface area contributed by atoms with Crippen LogP contribution in [-0.2, 0) is 6.54 Å². The van der Waals surface area contributed by atoms with Gasteiger partial charge in [-0.1, -0.05) is 12.8 Å². The molecule has 0 unspecified atom stereocenters. The SMILES string of the molecule is CCNC(=NCc1csc(N(C)C)n1)NCCN(C)C1CCCC1. The highest BCUT2D eigenvalue weighted by molar-refractivity contribution is 7.13. The highest BCUT2D eigenvalue weighted by atomic mass is 32.1. The number of nitrogens with zero attached hydrogens (tertiary/aromatic N) is 4. The van der Waals surface area contributed by atoms with Crippen molar-refractivity contribution in [3.05, 3.63) is 11.1 Å². The van der Waals surface area contributed by atoms with Gasteiger partial charge in [-0.15, -0.1) is 11.3 Å². The second kappa shape index (κ2) is 9.84. The molecule has 136 valence electrons. The van der Waals surface area contributed by atoms with Crippen LogP contribution < -0.4 is 15.5 Å². The van der Waals surface area contributed by atoms with Crippen LogP contribution in [0.5, 0.6) is 0 Å². The number of aliphatic imine (C=N–C) groups is 1. The average Bonchev–Trinajstić information content (AvgIpc) is 3.24. The molecule has 1 fully saturated rings. The van der Waals surface area contributed by atoms with Crippen LogP contribution in [0, 0.1) is 0 Å². The summed E-state index contributed by atoms with van der Waals surface area (Å²) in [6.07, 6.45) is 5.47. The monoisotopic (exact) mass is 352 g/mol. The Morgan fingerprint density at radius 3 is 2.67 bits per heavy atom. The van der Waals surface area contributed by atoms with Gasteiger partial charge >= 0.3 is 0 Å². The number of aromatic nitrogens is 1. The molecule has 1 aliphatic carbocycles. The zero-order valence-electron chi connectivity index (χ0n) is 15.5. The first kappa shape index (κ1) is 19.0. The van der Waals surface area contributed by atoms with E-state index in [2.05, 4.69) is 44.9 Å². The molecule has 0 amide bonds. The van der Waals surface area contributed by atoms with Crippen LogP contribution in [0.2, 0.25) is 0 Å². The molecule has 0 aromatic carbocycles. The van der Waals surface area contributed by atoms with Gasteiger partial charge in [0.25, 0.3) is 0 Å². The molecular formula is C17H32N6S. The van der Waals surface area contributed by atoms with E-state index in [1.54, 1.807) is 11.3 Å². The first-order chi connectivity index (χ1) is 11.6. The second-order valence-corrected chi connectivity index (χ2v) is 7.39. The maximum absolute atomic E-state index is 4.65. The summed E-state index contributed by atoms with van der Waals surface area (Å²) in [5.41, 5.74) is 1.02. The third-order valence-corrected chi connectivity index (χ3v) is 5.43. The summed E-state index contributed by atoms with van der Waals surface area (Å²) in [5, 5.41) is 9.85. The van der Waals surface area contributed by atoms with Gasteiger partial charge in [0, 0.05) is 45.2 Å². The molecule has 1 aromatic rings. The zero-order valence-corrected chi connectivity index (χ0v) is 16.3. The number of hydrogen-bond acceptors (Lipinski definition) is 5. The number of thiazole rings is 1. The molecule has 1 aromatic heterocycles. The van der Waals surface area contributed by atoms with Gasteiger partial charge in [-0.2, -0.15) is 0 Å². The lowest BCUT2D eigenvalue weighted by Crippen LogP contribution is -2.42. The minimum atomic E-state index is 0.609. The van der Waals surface area contributed by atoms with E-state index in [-0.39, 0.29) is 0 Å². The molecule has 1 heterocycles. The van der Waals surface area contributed by atoms with Crippen molar-refractivity contribution in [1.82, 2.24) is 20.5 Å². The summed E-state index contributed by atoms with van der Waals surface area (Å²) in [7, 11) is 6.26. The van der Waals surface area contributed by atoms with E-state index in [9.17, 15) is 0 Å². The molecule has 7 heteroatoms. The van der Waals surface area contributed by atoms with Crippen molar-refractivity contribution >= 4 is 22.4 Å². The predicted octanol–water partition coefficient (Wildman–Crippen LogP) is 2.14. The molecule has 0 aliphatic heterocycles. The lowest BCUT2D eigenvalue weighted by atomic mass is 10.2. The van der Waals surface area contributed by atoms with E-state index < -0.39 is 0 Å². The molecule has 6 nitrogen and oxygen atoms in total. The Balaban J connectivity index is 1.79. The molecule has 24 heavy (non-hydrogen) atoms. The van der Waals surface area contributed by atoms with Gasteiger partial charge in [0.15, 0.2) is 11.1 Å². The third kappa shape index (κ3) is 5.94. The zero-order chi connectivity index (χ0) is 17.4.